The first kappa shape index (κ1) is 19.3. The van der Waals surface area contributed by atoms with E-state index >= 15 is 0 Å². The molecule has 0 saturated carbocycles. The fraction of sp³-hybridized carbons (Fsp3) is 0.588. The minimum absolute atomic E-state index is 0.688. The molecule has 0 heterocycles. The van der Waals surface area contributed by atoms with Gasteiger partial charge in [-0.05, 0) is 25.6 Å². The summed E-state index contributed by atoms with van der Waals surface area (Å²) < 4.78 is 10.7. The summed E-state index contributed by atoms with van der Waals surface area (Å²) in [6.45, 7) is 4.99. The van der Waals surface area contributed by atoms with Crippen LogP contribution in [0.1, 0.15) is 6.42 Å². The molecule has 23 heavy (non-hydrogen) atoms. The zero-order valence-electron chi connectivity index (χ0n) is 14.5. The first-order valence-electron chi connectivity index (χ1n) is 8.06. The van der Waals surface area contributed by atoms with Gasteiger partial charge in [-0.2, -0.15) is 0 Å². The number of guanidine groups is 1. The molecule has 130 valence electrons. The van der Waals surface area contributed by atoms with Crippen molar-refractivity contribution in [3.05, 3.63) is 30.3 Å². The monoisotopic (exact) mass is 322 g/mol. The Kier molecular flexibility index (Phi) is 10.7. The van der Waals surface area contributed by atoms with Crippen LogP contribution < -0.4 is 15.4 Å². The summed E-state index contributed by atoms with van der Waals surface area (Å²) in [5.74, 6) is 1.74. The van der Waals surface area contributed by atoms with Crippen molar-refractivity contribution in [2.24, 2.45) is 4.99 Å². The molecule has 6 nitrogen and oxygen atoms in total. The van der Waals surface area contributed by atoms with E-state index in [1.807, 2.05) is 30.3 Å². The van der Waals surface area contributed by atoms with E-state index in [1.165, 1.54) is 0 Å². The second-order valence-corrected chi connectivity index (χ2v) is 5.24. The molecule has 0 radical (unpaired) electrons. The summed E-state index contributed by atoms with van der Waals surface area (Å²) in [5.41, 5.74) is 0. The molecule has 0 aromatic heterocycles. The largest absolute Gasteiger partial charge is 0.494 e. The maximum absolute atomic E-state index is 5.65. The molecule has 0 atom stereocenters. The lowest BCUT2D eigenvalue weighted by atomic mass is 10.3. The maximum atomic E-state index is 5.65. The molecule has 0 amide bonds. The van der Waals surface area contributed by atoms with Gasteiger partial charge in [-0.25, -0.2) is 0 Å². The average Bonchev–Trinajstić information content (AvgIpc) is 2.59. The summed E-state index contributed by atoms with van der Waals surface area (Å²) in [6.07, 6.45) is 0.920. The molecule has 0 unspecified atom stereocenters. The third-order valence-corrected chi connectivity index (χ3v) is 3.31. The highest BCUT2D eigenvalue weighted by Gasteiger charge is 2.00. The number of nitrogens with one attached hydrogen (secondary N) is 2. The molecule has 0 spiro atoms. The Balaban J connectivity index is 2.05. The summed E-state index contributed by atoms with van der Waals surface area (Å²) in [6, 6.07) is 9.87. The lowest BCUT2D eigenvalue weighted by molar-refractivity contribution is 0.162. The predicted molar refractivity (Wildman–Crippen MR) is 95.3 cm³/mol. The molecule has 1 rings (SSSR count). The smallest absolute Gasteiger partial charge is 0.191 e. The number of aliphatic imine (C=N–C) groups is 1. The molecule has 0 aliphatic carbocycles. The van der Waals surface area contributed by atoms with Gasteiger partial charge < -0.3 is 25.0 Å². The van der Waals surface area contributed by atoms with E-state index < -0.39 is 0 Å². The van der Waals surface area contributed by atoms with E-state index in [4.69, 9.17) is 9.47 Å². The highest BCUT2D eigenvalue weighted by molar-refractivity contribution is 5.79. The van der Waals surface area contributed by atoms with Crippen molar-refractivity contribution < 1.29 is 9.47 Å². The van der Waals surface area contributed by atoms with Gasteiger partial charge in [0, 0.05) is 40.3 Å². The Morgan fingerprint density at radius 3 is 2.52 bits per heavy atom. The van der Waals surface area contributed by atoms with Crippen molar-refractivity contribution in [1.82, 2.24) is 15.5 Å². The molecule has 1 aromatic rings. The number of rotatable bonds is 11. The molecule has 0 fully saturated rings. The number of benzene rings is 1. The number of nitrogens with zero attached hydrogens (tertiary/aromatic N) is 2. The van der Waals surface area contributed by atoms with Gasteiger partial charge in [-0.15, -0.1) is 0 Å². The van der Waals surface area contributed by atoms with Gasteiger partial charge in [0.1, 0.15) is 5.75 Å². The van der Waals surface area contributed by atoms with Gasteiger partial charge in [0.25, 0.3) is 0 Å². The zero-order valence-corrected chi connectivity index (χ0v) is 14.5. The quantitative estimate of drug-likeness (QED) is 0.364. The number of likely N-dealkylation sites (N-methyl/N-ethyl adjacent to an activating group) is 1. The van der Waals surface area contributed by atoms with Gasteiger partial charge in [0.15, 0.2) is 5.96 Å². The van der Waals surface area contributed by atoms with Crippen molar-refractivity contribution in [2.45, 2.75) is 6.42 Å². The number of hydrogen-bond acceptors (Lipinski definition) is 4. The van der Waals surface area contributed by atoms with Gasteiger partial charge in [-0.3, -0.25) is 4.99 Å². The van der Waals surface area contributed by atoms with E-state index in [1.54, 1.807) is 14.2 Å². The van der Waals surface area contributed by atoms with Crippen molar-refractivity contribution in [1.29, 1.82) is 0 Å². The Morgan fingerprint density at radius 1 is 1.09 bits per heavy atom. The fourth-order valence-electron chi connectivity index (χ4n) is 1.93. The minimum Gasteiger partial charge on any atom is -0.494 e. The highest BCUT2D eigenvalue weighted by Crippen LogP contribution is 2.07. The van der Waals surface area contributed by atoms with Crippen LogP contribution in [0.4, 0.5) is 0 Å². The van der Waals surface area contributed by atoms with Crippen LogP contribution >= 0.6 is 0 Å². The van der Waals surface area contributed by atoms with Gasteiger partial charge in [0.05, 0.1) is 13.2 Å². The molecule has 0 saturated heterocycles. The Morgan fingerprint density at radius 2 is 1.83 bits per heavy atom. The second-order valence-electron chi connectivity index (χ2n) is 5.24. The summed E-state index contributed by atoms with van der Waals surface area (Å²) in [5, 5.41) is 6.59. The number of ether oxygens (including phenoxy) is 2. The topological polar surface area (TPSA) is 58.1 Å². The Labute approximate surface area is 139 Å². The van der Waals surface area contributed by atoms with Crippen LogP contribution in [-0.2, 0) is 4.74 Å². The Hall–Kier alpha value is -1.79. The van der Waals surface area contributed by atoms with Crippen LogP contribution in [0.2, 0.25) is 0 Å². The molecule has 0 bridgehead atoms. The van der Waals surface area contributed by atoms with Gasteiger partial charge >= 0.3 is 0 Å². The molecule has 0 aliphatic heterocycles. The molecule has 6 heteroatoms. The molecule has 1 aromatic carbocycles. The normalized spacial score (nSPS) is 11.6. The average molecular weight is 322 g/mol. The number of para-hydroxylation sites is 1. The summed E-state index contributed by atoms with van der Waals surface area (Å²) >= 11 is 0. The molecular formula is C17H30N4O2. The summed E-state index contributed by atoms with van der Waals surface area (Å²) in [4.78, 5) is 6.43. The van der Waals surface area contributed by atoms with Crippen molar-refractivity contribution in [3.8, 4) is 5.75 Å². The van der Waals surface area contributed by atoms with Crippen LogP contribution in [0.15, 0.2) is 35.3 Å². The third kappa shape index (κ3) is 9.76. The van der Waals surface area contributed by atoms with E-state index in [0.717, 1.165) is 50.9 Å². The van der Waals surface area contributed by atoms with Crippen LogP contribution in [0.25, 0.3) is 0 Å². The minimum atomic E-state index is 0.688. The van der Waals surface area contributed by atoms with Crippen LogP contribution in [0.5, 0.6) is 5.75 Å². The van der Waals surface area contributed by atoms with Crippen molar-refractivity contribution in [3.63, 3.8) is 0 Å². The van der Waals surface area contributed by atoms with Crippen molar-refractivity contribution >= 4 is 5.96 Å². The van der Waals surface area contributed by atoms with Crippen LogP contribution in [-0.4, -0.2) is 71.5 Å². The van der Waals surface area contributed by atoms with Crippen LogP contribution in [0, 0.1) is 0 Å². The molecule has 2 N–H and O–H groups in total. The van der Waals surface area contributed by atoms with Crippen LogP contribution in [0.3, 0.4) is 0 Å². The lowest BCUT2D eigenvalue weighted by Crippen LogP contribution is -2.41. The SMILES string of the molecule is CN=C(NCCCOc1ccccc1)NCCN(C)CCOC. The standard InChI is InChI=1S/C17H30N4O2/c1-18-17(20-11-12-21(2)13-15-22-3)19-10-7-14-23-16-8-5-4-6-9-16/h4-6,8-9H,7,10-15H2,1-3H3,(H2,18,19,20). The first-order valence-corrected chi connectivity index (χ1v) is 8.06. The van der Waals surface area contributed by atoms with E-state index in [9.17, 15) is 0 Å². The fourth-order valence-corrected chi connectivity index (χ4v) is 1.93. The highest BCUT2D eigenvalue weighted by atomic mass is 16.5. The molecule has 0 aliphatic rings. The number of hydrogen-bond donors (Lipinski definition) is 2. The molecular weight excluding hydrogens is 292 g/mol. The summed E-state index contributed by atoms with van der Waals surface area (Å²) in [7, 11) is 5.58. The second kappa shape index (κ2) is 12.7. The van der Waals surface area contributed by atoms with E-state index in [-0.39, 0.29) is 0 Å². The van der Waals surface area contributed by atoms with Gasteiger partial charge in [-0.1, -0.05) is 18.2 Å². The van der Waals surface area contributed by atoms with Gasteiger partial charge in [0.2, 0.25) is 0 Å². The predicted octanol–water partition coefficient (Wildman–Crippen LogP) is 1.20. The van der Waals surface area contributed by atoms with Crippen molar-refractivity contribution in [2.75, 3.05) is 60.6 Å². The zero-order chi connectivity index (χ0) is 16.8. The van der Waals surface area contributed by atoms with E-state index in [0.29, 0.717) is 6.61 Å². The maximum Gasteiger partial charge on any atom is 0.191 e. The lowest BCUT2D eigenvalue weighted by Gasteiger charge is -2.17. The Bertz CT molecular complexity index is 426. The van der Waals surface area contributed by atoms with E-state index in [2.05, 4.69) is 27.6 Å². The first-order chi connectivity index (χ1) is 11.3. The number of methoxy groups -OCH3 is 1. The third-order valence-electron chi connectivity index (χ3n) is 3.31.